The minimum absolute atomic E-state index is 0.0597. The van der Waals surface area contributed by atoms with Crippen LogP contribution in [-0.2, 0) is 11.3 Å². The Morgan fingerprint density at radius 2 is 2.00 bits per heavy atom. The maximum atomic E-state index is 11.5. The number of anilines is 1. The molecule has 1 aliphatic rings. The maximum absolute atomic E-state index is 11.5. The molecule has 0 bridgehead atoms. The Kier molecular flexibility index (Phi) is 4.80. The predicted octanol–water partition coefficient (Wildman–Crippen LogP) is 1.51. The molecule has 1 aromatic rings. The van der Waals surface area contributed by atoms with Crippen LogP contribution in [-0.4, -0.2) is 32.1 Å². The number of likely N-dealkylation sites (N-methyl/N-ethyl adjacent to an activating group) is 2. The molecule has 19 heavy (non-hydrogen) atoms. The molecular weight excluding hydrogens is 238 g/mol. The molecule has 1 saturated carbocycles. The average Bonchev–Trinajstić information content (AvgIpc) is 3.21. The highest BCUT2D eigenvalue weighted by Gasteiger charge is 2.19. The molecule has 0 aliphatic heterocycles. The first-order chi connectivity index (χ1) is 9.19. The number of carbonyl (C=O) groups excluding carboxylic acids is 1. The smallest absolute Gasteiger partial charge is 0.239 e. The Labute approximate surface area is 115 Å². The van der Waals surface area contributed by atoms with Gasteiger partial charge >= 0.3 is 0 Å². The summed E-state index contributed by atoms with van der Waals surface area (Å²) in [4.78, 5) is 13.5. The van der Waals surface area contributed by atoms with Crippen LogP contribution in [0.2, 0.25) is 0 Å². The van der Waals surface area contributed by atoms with Gasteiger partial charge in [-0.25, -0.2) is 0 Å². The van der Waals surface area contributed by atoms with Crippen molar-refractivity contribution in [3.8, 4) is 0 Å². The van der Waals surface area contributed by atoms with Gasteiger partial charge in [0.25, 0.3) is 0 Å². The lowest BCUT2D eigenvalue weighted by molar-refractivity contribution is -0.119. The van der Waals surface area contributed by atoms with E-state index < -0.39 is 0 Å². The maximum Gasteiger partial charge on any atom is 0.239 e. The molecule has 4 nitrogen and oxygen atoms in total. The Hall–Kier alpha value is -1.55. The summed E-state index contributed by atoms with van der Waals surface area (Å²) in [5.41, 5.74) is 2.36. The molecule has 0 spiro atoms. The van der Waals surface area contributed by atoms with Crippen molar-refractivity contribution in [2.75, 3.05) is 25.0 Å². The fourth-order valence-corrected chi connectivity index (χ4v) is 1.98. The van der Waals surface area contributed by atoms with Gasteiger partial charge in [-0.1, -0.05) is 12.1 Å². The van der Waals surface area contributed by atoms with Crippen LogP contribution < -0.4 is 15.5 Å². The second-order valence-electron chi connectivity index (χ2n) is 5.13. The molecular formula is C15H23N3O. The average molecular weight is 261 g/mol. The van der Waals surface area contributed by atoms with Crippen LogP contribution in [0.15, 0.2) is 24.3 Å². The largest absolute Gasteiger partial charge is 0.365 e. The van der Waals surface area contributed by atoms with E-state index in [1.54, 1.807) is 0 Å². The number of carbonyl (C=O) groups is 1. The molecule has 2 rings (SSSR count). The van der Waals surface area contributed by atoms with Crippen molar-refractivity contribution in [1.29, 1.82) is 0 Å². The van der Waals surface area contributed by atoms with E-state index in [1.807, 2.05) is 18.9 Å². The highest BCUT2D eigenvalue weighted by Crippen LogP contribution is 2.20. The first-order valence-corrected chi connectivity index (χ1v) is 6.99. The van der Waals surface area contributed by atoms with Crippen LogP contribution in [0.4, 0.5) is 5.69 Å². The molecule has 104 valence electrons. The van der Waals surface area contributed by atoms with Crippen LogP contribution in [0.25, 0.3) is 0 Å². The van der Waals surface area contributed by atoms with Gasteiger partial charge < -0.3 is 15.5 Å². The summed E-state index contributed by atoms with van der Waals surface area (Å²) in [7, 11) is 1.94. The van der Waals surface area contributed by atoms with Crippen LogP contribution in [0.5, 0.6) is 0 Å². The summed E-state index contributed by atoms with van der Waals surface area (Å²) in [6, 6.07) is 9.13. The van der Waals surface area contributed by atoms with Gasteiger partial charge in [-0.3, -0.25) is 4.79 Å². The number of benzene rings is 1. The number of amides is 1. The highest BCUT2D eigenvalue weighted by atomic mass is 16.1. The third kappa shape index (κ3) is 4.56. The summed E-state index contributed by atoms with van der Waals surface area (Å²) in [5.74, 6) is 0.0597. The zero-order valence-electron chi connectivity index (χ0n) is 11.8. The molecule has 0 heterocycles. The molecule has 1 aromatic carbocycles. The molecule has 1 amide bonds. The van der Waals surface area contributed by atoms with Crippen molar-refractivity contribution in [3.05, 3.63) is 29.8 Å². The molecule has 0 unspecified atom stereocenters. The third-order valence-corrected chi connectivity index (χ3v) is 3.30. The summed E-state index contributed by atoms with van der Waals surface area (Å²) >= 11 is 0. The van der Waals surface area contributed by atoms with E-state index in [0.717, 1.165) is 18.3 Å². The normalized spacial score (nSPS) is 14.2. The number of hydrogen-bond acceptors (Lipinski definition) is 3. The number of nitrogens with one attached hydrogen (secondary N) is 2. The lowest BCUT2D eigenvalue weighted by Crippen LogP contribution is -2.34. The quantitative estimate of drug-likeness (QED) is 0.782. The topological polar surface area (TPSA) is 44.4 Å². The van der Waals surface area contributed by atoms with E-state index in [1.165, 1.54) is 18.4 Å². The Morgan fingerprint density at radius 3 is 2.58 bits per heavy atom. The lowest BCUT2D eigenvalue weighted by Gasteiger charge is -2.19. The first-order valence-electron chi connectivity index (χ1n) is 6.99. The van der Waals surface area contributed by atoms with E-state index in [0.29, 0.717) is 13.1 Å². The zero-order valence-corrected chi connectivity index (χ0v) is 11.8. The van der Waals surface area contributed by atoms with Gasteiger partial charge in [-0.15, -0.1) is 0 Å². The van der Waals surface area contributed by atoms with E-state index in [4.69, 9.17) is 0 Å². The second-order valence-corrected chi connectivity index (χ2v) is 5.13. The predicted molar refractivity (Wildman–Crippen MR) is 78.3 cm³/mol. The Balaban J connectivity index is 1.83. The molecule has 0 radical (unpaired) electrons. The lowest BCUT2D eigenvalue weighted by atomic mass is 10.2. The molecule has 0 saturated heterocycles. The van der Waals surface area contributed by atoms with E-state index in [-0.39, 0.29) is 5.91 Å². The third-order valence-electron chi connectivity index (χ3n) is 3.30. The number of rotatable bonds is 7. The van der Waals surface area contributed by atoms with E-state index >= 15 is 0 Å². The Morgan fingerprint density at radius 1 is 1.32 bits per heavy atom. The summed E-state index contributed by atoms with van der Waals surface area (Å²) in [6.45, 7) is 3.94. The van der Waals surface area contributed by atoms with Gasteiger partial charge in [-0.2, -0.15) is 0 Å². The van der Waals surface area contributed by atoms with Crippen LogP contribution in [0, 0.1) is 0 Å². The second kappa shape index (κ2) is 6.57. The molecule has 1 fully saturated rings. The molecule has 4 heteroatoms. The fourth-order valence-electron chi connectivity index (χ4n) is 1.98. The minimum atomic E-state index is 0.0597. The summed E-state index contributed by atoms with van der Waals surface area (Å²) < 4.78 is 0. The fraction of sp³-hybridized carbons (Fsp3) is 0.533. The van der Waals surface area contributed by atoms with Gasteiger partial charge in [-0.05, 0) is 37.5 Å². The molecule has 0 atom stereocenters. The van der Waals surface area contributed by atoms with Crippen LogP contribution >= 0.6 is 0 Å². The summed E-state index contributed by atoms with van der Waals surface area (Å²) in [5, 5.41) is 6.30. The number of hydrogen-bond donors (Lipinski definition) is 2. The van der Waals surface area contributed by atoms with Crippen molar-refractivity contribution in [2.45, 2.75) is 32.4 Å². The van der Waals surface area contributed by atoms with E-state index in [9.17, 15) is 4.79 Å². The van der Waals surface area contributed by atoms with Crippen molar-refractivity contribution >= 4 is 11.6 Å². The number of nitrogens with zero attached hydrogens (tertiary/aromatic N) is 1. The van der Waals surface area contributed by atoms with Gasteiger partial charge in [0, 0.05) is 31.9 Å². The van der Waals surface area contributed by atoms with Crippen LogP contribution in [0.3, 0.4) is 0 Å². The van der Waals surface area contributed by atoms with Gasteiger partial charge in [0.15, 0.2) is 0 Å². The molecule has 2 N–H and O–H groups in total. The minimum Gasteiger partial charge on any atom is -0.365 e. The molecule has 1 aliphatic carbocycles. The van der Waals surface area contributed by atoms with Gasteiger partial charge in [0.1, 0.15) is 0 Å². The Bertz CT molecular complexity index is 412. The first kappa shape index (κ1) is 13.9. The zero-order chi connectivity index (χ0) is 13.7. The highest BCUT2D eigenvalue weighted by molar-refractivity contribution is 5.81. The van der Waals surface area contributed by atoms with E-state index in [2.05, 4.69) is 34.9 Å². The van der Waals surface area contributed by atoms with Crippen molar-refractivity contribution < 1.29 is 4.79 Å². The monoisotopic (exact) mass is 261 g/mol. The van der Waals surface area contributed by atoms with Crippen molar-refractivity contribution in [3.63, 3.8) is 0 Å². The van der Waals surface area contributed by atoms with Crippen molar-refractivity contribution in [2.24, 2.45) is 0 Å². The molecule has 0 aromatic heterocycles. The SMILES string of the molecule is CCNC(=O)CN(C)c1ccc(CNC2CC2)cc1. The van der Waals surface area contributed by atoms with Crippen LogP contribution in [0.1, 0.15) is 25.3 Å². The van der Waals surface area contributed by atoms with Gasteiger partial charge in [0.05, 0.1) is 6.54 Å². The summed E-state index contributed by atoms with van der Waals surface area (Å²) in [6.07, 6.45) is 2.63. The van der Waals surface area contributed by atoms with Gasteiger partial charge in [0.2, 0.25) is 5.91 Å². The standard InChI is InChI=1S/C15H23N3O/c1-3-16-15(19)11-18(2)14-8-4-12(5-9-14)10-17-13-6-7-13/h4-5,8-9,13,17H,3,6-7,10-11H2,1-2H3,(H,16,19). The van der Waals surface area contributed by atoms with Crippen molar-refractivity contribution in [1.82, 2.24) is 10.6 Å².